The summed E-state index contributed by atoms with van der Waals surface area (Å²) in [4.78, 5) is 15.2. The van der Waals surface area contributed by atoms with Gasteiger partial charge in [-0.1, -0.05) is 0 Å². The molecule has 0 saturated carbocycles. The maximum absolute atomic E-state index is 11.2. The van der Waals surface area contributed by atoms with Crippen molar-refractivity contribution in [1.29, 1.82) is 0 Å². The van der Waals surface area contributed by atoms with Gasteiger partial charge in [-0.05, 0) is 20.8 Å². The van der Waals surface area contributed by atoms with Crippen molar-refractivity contribution >= 4 is 17.9 Å². The van der Waals surface area contributed by atoms with Gasteiger partial charge in [0.05, 0.1) is 6.61 Å². The Morgan fingerprint density at radius 1 is 1.62 bits per heavy atom. The van der Waals surface area contributed by atoms with Gasteiger partial charge in [0.25, 0.3) is 0 Å². The first-order valence-electron chi connectivity index (χ1n) is 5.15. The van der Waals surface area contributed by atoms with Crippen LogP contribution in [0.5, 0.6) is 0 Å². The third kappa shape index (κ3) is 3.41. The first-order chi connectivity index (χ1) is 7.52. The third-order valence-electron chi connectivity index (χ3n) is 1.70. The average Bonchev–Trinajstić information content (AvgIpc) is 2.45. The number of hydrogen-bond acceptors (Lipinski definition) is 6. The fourth-order valence-corrected chi connectivity index (χ4v) is 1.12. The van der Waals surface area contributed by atoms with Crippen molar-refractivity contribution in [3.63, 3.8) is 0 Å². The molecule has 1 rings (SSSR count). The second-order valence-corrected chi connectivity index (χ2v) is 3.56. The predicted molar refractivity (Wildman–Crippen MR) is 59.8 cm³/mol. The van der Waals surface area contributed by atoms with Crippen LogP contribution in [-0.4, -0.2) is 33.4 Å². The van der Waals surface area contributed by atoms with Gasteiger partial charge in [0, 0.05) is 6.04 Å². The number of esters is 1. The molecule has 0 aliphatic rings. The van der Waals surface area contributed by atoms with Gasteiger partial charge in [0.1, 0.15) is 6.54 Å². The number of aromatic nitrogens is 3. The van der Waals surface area contributed by atoms with E-state index in [1.165, 1.54) is 4.68 Å². The monoisotopic (exact) mass is 227 g/mol. The maximum atomic E-state index is 11.2. The zero-order valence-corrected chi connectivity index (χ0v) is 9.73. The molecule has 0 aromatic carbocycles. The van der Waals surface area contributed by atoms with Crippen LogP contribution >= 0.6 is 0 Å². The highest BCUT2D eigenvalue weighted by molar-refractivity contribution is 5.69. The highest BCUT2D eigenvalue weighted by Gasteiger charge is 2.11. The molecule has 3 N–H and O–H groups in total. The van der Waals surface area contributed by atoms with Crippen molar-refractivity contribution in [2.24, 2.45) is 0 Å². The molecule has 90 valence electrons. The summed E-state index contributed by atoms with van der Waals surface area (Å²) in [5.74, 6) is 0.225. The molecule has 1 heterocycles. The van der Waals surface area contributed by atoms with Gasteiger partial charge >= 0.3 is 5.97 Å². The van der Waals surface area contributed by atoms with E-state index in [4.69, 9.17) is 10.5 Å². The van der Waals surface area contributed by atoms with E-state index in [1.807, 2.05) is 13.8 Å². The van der Waals surface area contributed by atoms with Crippen LogP contribution < -0.4 is 11.1 Å². The summed E-state index contributed by atoms with van der Waals surface area (Å²) in [6.07, 6.45) is 0. The van der Waals surface area contributed by atoms with Crippen molar-refractivity contribution in [3.05, 3.63) is 0 Å². The summed E-state index contributed by atoms with van der Waals surface area (Å²) in [7, 11) is 0. The molecular weight excluding hydrogens is 210 g/mol. The molecule has 1 aromatic heterocycles. The maximum Gasteiger partial charge on any atom is 0.327 e. The number of rotatable bonds is 5. The minimum Gasteiger partial charge on any atom is -0.465 e. The van der Waals surface area contributed by atoms with E-state index >= 15 is 0 Å². The van der Waals surface area contributed by atoms with Crippen LogP contribution in [0.25, 0.3) is 0 Å². The van der Waals surface area contributed by atoms with Crippen LogP contribution in [0, 0.1) is 0 Å². The van der Waals surface area contributed by atoms with E-state index in [0.29, 0.717) is 12.6 Å². The predicted octanol–water partition coefficient (Wildman–Crippen LogP) is 0.244. The van der Waals surface area contributed by atoms with Crippen molar-refractivity contribution in [1.82, 2.24) is 14.8 Å². The molecular formula is C9H17N5O2. The highest BCUT2D eigenvalue weighted by atomic mass is 16.5. The summed E-state index contributed by atoms with van der Waals surface area (Å²) < 4.78 is 6.10. The summed E-state index contributed by atoms with van der Waals surface area (Å²) in [6.45, 7) is 5.98. The van der Waals surface area contributed by atoms with Gasteiger partial charge in [0.15, 0.2) is 0 Å². The van der Waals surface area contributed by atoms with Crippen LogP contribution in [0.15, 0.2) is 0 Å². The number of anilines is 2. The third-order valence-corrected chi connectivity index (χ3v) is 1.70. The van der Waals surface area contributed by atoms with Crippen LogP contribution in [0.1, 0.15) is 20.8 Å². The first-order valence-corrected chi connectivity index (χ1v) is 5.15. The molecule has 16 heavy (non-hydrogen) atoms. The van der Waals surface area contributed by atoms with E-state index in [9.17, 15) is 4.79 Å². The molecule has 0 aliphatic carbocycles. The zero-order valence-electron chi connectivity index (χ0n) is 9.73. The number of hydrogen-bond donors (Lipinski definition) is 2. The van der Waals surface area contributed by atoms with Gasteiger partial charge in [-0.2, -0.15) is 4.98 Å². The lowest BCUT2D eigenvalue weighted by Crippen LogP contribution is -2.16. The molecule has 0 unspecified atom stereocenters. The topological polar surface area (TPSA) is 95.1 Å². The molecule has 0 saturated heterocycles. The Hall–Kier alpha value is -1.79. The Kier molecular flexibility index (Phi) is 4.10. The fourth-order valence-electron chi connectivity index (χ4n) is 1.12. The Morgan fingerprint density at radius 2 is 2.31 bits per heavy atom. The molecule has 0 fully saturated rings. The van der Waals surface area contributed by atoms with E-state index < -0.39 is 0 Å². The molecule has 7 nitrogen and oxygen atoms in total. The smallest absolute Gasteiger partial charge is 0.327 e. The Bertz CT molecular complexity index is 361. The van der Waals surface area contributed by atoms with E-state index in [-0.39, 0.29) is 24.5 Å². The second-order valence-electron chi connectivity index (χ2n) is 3.56. The fraction of sp³-hybridized carbons (Fsp3) is 0.667. The number of carbonyl (C=O) groups excluding carboxylic acids is 1. The van der Waals surface area contributed by atoms with Crippen LogP contribution in [-0.2, 0) is 16.1 Å². The Labute approximate surface area is 94.0 Å². The van der Waals surface area contributed by atoms with Gasteiger partial charge in [-0.25, -0.2) is 4.68 Å². The van der Waals surface area contributed by atoms with Crippen LogP contribution in [0.4, 0.5) is 11.9 Å². The number of ether oxygens (including phenoxy) is 1. The number of nitrogens with two attached hydrogens (primary N) is 1. The molecule has 0 radical (unpaired) electrons. The lowest BCUT2D eigenvalue weighted by Gasteiger charge is -2.03. The second kappa shape index (κ2) is 5.34. The zero-order chi connectivity index (χ0) is 12.1. The minimum absolute atomic E-state index is 0.0214. The summed E-state index contributed by atoms with van der Waals surface area (Å²) >= 11 is 0. The largest absolute Gasteiger partial charge is 0.465 e. The Morgan fingerprint density at radius 3 is 2.88 bits per heavy atom. The standard InChI is InChI=1S/C9H17N5O2/c1-4-16-7(15)5-14-8(10)12-9(13-14)11-6(2)3/h6H,4-5H2,1-3H3,(H3,10,11,12,13). The van der Waals surface area contributed by atoms with Gasteiger partial charge < -0.3 is 15.8 Å². The lowest BCUT2D eigenvalue weighted by atomic mass is 10.4. The van der Waals surface area contributed by atoms with Crippen molar-refractivity contribution in [2.45, 2.75) is 33.4 Å². The number of carbonyl (C=O) groups is 1. The summed E-state index contributed by atoms with van der Waals surface area (Å²) in [5.41, 5.74) is 5.60. The SMILES string of the molecule is CCOC(=O)Cn1nc(NC(C)C)nc1N. The van der Waals surface area contributed by atoms with Gasteiger partial charge in [0.2, 0.25) is 11.9 Å². The first kappa shape index (κ1) is 12.3. The van der Waals surface area contributed by atoms with Crippen LogP contribution in [0.3, 0.4) is 0 Å². The van der Waals surface area contributed by atoms with Crippen LogP contribution in [0.2, 0.25) is 0 Å². The number of nitrogens with zero attached hydrogens (tertiary/aromatic N) is 3. The minimum atomic E-state index is -0.379. The summed E-state index contributed by atoms with van der Waals surface area (Å²) in [5, 5.41) is 7.04. The lowest BCUT2D eigenvalue weighted by molar-refractivity contribution is -0.143. The van der Waals surface area contributed by atoms with Gasteiger partial charge in [-0.15, -0.1) is 5.10 Å². The normalized spacial score (nSPS) is 10.5. The van der Waals surface area contributed by atoms with E-state index in [1.54, 1.807) is 6.92 Å². The quantitative estimate of drug-likeness (QED) is 0.700. The van der Waals surface area contributed by atoms with Gasteiger partial charge in [-0.3, -0.25) is 4.79 Å². The number of nitrogen functional groups attached to an aromatic ring is 1. The average molecular weight is 227 g/mol. The van der Waals surface area contributed by atoms with Crippen molar-refractivity contribution < 1.29 is 9.53 Å². The van der Waals surface area contributed by atoms with Crippen molar-refractivity contribution in [2.75, 3.05) is 17.7 Å². The Balaban J connectivity index is 2.66. The summed E-state index contributed by atoms with van der Waals surface area (Å²) in [6, 6.07) is 0.206. The highest BCUT2D eigenvalue weighted by Crippen LogP contribution is 2.06. The van der Waals surface area contributed by atoms with E-state index in [0.717, 1.165) is 0 Å². The van der Waals surface area contributed by atoms with E-state index in [2.05, 4.69) is 15.4 Å². The number of nitrogens with one attached hydrogen (secondary N) is 1. The molecule has 0 spiro atoms. The van der Waals surface area contributed by atoms with Crippen molar-refractivity contribution in [3.8, 4) is 0 Å². The molecule has 0 amide bonds. The molecule has 1 aromatic rings. The molecule has 0 bridgehead atoms. The molecule has 0 aliphatic heterocycles. The molecule has 7 heteroatoms. The molecule has 0 atom stereocenters.